The molecule has 2 aromatic heterocycles. The van der Waals surface area contributed by atoms with Gasteiger partial charge in [-0.3, -0.25) is 13.9 Å². The molecule has 3 heterocycles. The summed E-state index contributed by atoms with van der Waals surface area (Å²) in [5.41, 5.74) is -0.161. The first kappa shape index (κ1) is 15.8. The summed E-state index contributed by atoms with van der Waals surface area (Å²) in [5, 5.41) is 9.82. The molecule has 0 spiro atoms. The largest absolute Gasteiger partial charge is 0.392 e. The van der Waals surface area contributed by atoms with Crippen LogP contribution in [0.1, 0.15) is 6.92 Å². The van der Waals surface area contributed by atoms with Crippen LogP contribution < -0.4 is 16.1 Å². The second-order valence-electron chi connectivity index (χ2n) is 5.85. The van der Waals surface area contributed by atoms with Gasteiger partial charge in [0.1, 0.15) is 0 Å². The van der Waals surface area contributed by atoms with E-state index in [-0.39, 0.29) is 6.54 Å². The highest BCUT2D eigenvalue weighted by Gasteiger charge is 2.24. The molecule has 9 nitrogen and oxygen atoms in total. The van der Waals surface area contributed by atoms with Gasteiger partial charge in [0.2, 0.25) is 5.95 Å². The third-order valence-corrected chi connectivity index (χ3v) is 4.07. The Hall–Kier alpha value is -2.13. The van der Waals surface area contributed by atoms with Crippen LogP contribution in [-0.2, 0) is 25.4 Å². The standard InChI is InChI=1S/C14H21N5O4/c1-9(20)8-19-10-11(16(2)14(22)17(3)12(10)21)15-13(19)18-4-6-23-7-5-18/h9,20H,4-8H2,1-3H3/t9-/m0/s1. The first-order valence-corrected chi connectivity index (χ1v) is 7.58. The van der Waals surface area contributed by atoms with E-state index in [2.05, 4.69) is 4.98 Å². The van der Waals surface area contributed by atoms with E-state index in [1.165, 1.54) is 11.6 Å². The number of hydrogen-bond donors (Lipinski definition) is 1. The Labute approximate surface area is 132 Å². The lowest BCUT2D eigenvalue weighted by Gasteiger charge is -2.28. The van der Waals surface area contributed by atoms with Gasteiger partial charge in [-0.15, -0.1) is 0 Å². The van der Waals surface area contributed by atoms with E-state index in [0.29, 0.717) is 43.4 Å². The van der Waals surface area contributed by atoms with E-state index >= 15 is 0 Å². The zero-order chi connectivity index (χ0) is 16.7. The van der Waals surface area contributed by atoms with E-state index in [1.807, 2.05) is 4.90 Å². The van der Waals surface area contributed by atoms with E-state index in [0.717, 1.165) is 4.57 Å². The summed E-state index contributed by atoms with van der Waals surface area (Å²) in [6.45, 7) is 4.34. The summed E-state index contributed by atoms with van der Waals surface area (Å²) in [7, 11) is 3.03. The molecule has 0 bridgehead atoms. The SMILES string of the molecule is C[C@H](O)Cn1c(N2CCOCC2)nc2c1c(=O)n(C)c(=O)n2C. The lowest BCUT2D eigenvalue weighted by Crippen LogP contribution is -2.39. The number of rotatable bonds is 3. The lowest BCUT2D eigenvalue weighted by atomic mass is 10.4. The fourth-order valence-corrected chi connectivity index (χ4v) is 2.88. The van der Waals surface area contributed by atoms with Crippen molar-refractivity contribution in [3.63, 3.8) is 0 Å². The molecule has 1 N–H and O–H groups in total. The molecular formula is C14H21N5O4. The molecule has 1 saturated heterocycles. The van der Waals surface area contributed by atoms with Crippen molar-refractivity contribution in [2.45, 2.75) is 19.6 Å². The third-order valence-electron chi connectivity index (χ3n) is 4.07. The van der Waals surface area contributed by atoms with Gasteiger partial charge in [-0.2, -0.15) is 4.98 Å². The Kier molecular flexibility index (Phi) is 3.99. The Bertz CT molecular complexity index is 841. The lowest BCUT2D eigenvalue weighted by molar-refractivity contribution is 0.121. The minimum atomic E-state index is -0.644. The third kappa shape index (κ3) is 2.55. The molecule has 9 heteroatoms. The number of aliphatic hydroxyl groups excluding tert-OH is 1. The molecule has 0 radical (unpaired) electrons. The van der Waals surface area contributed by atoms with Gasteiger partial charge in [0.15, 0.2) is 11.2 Å². The number of aliphatic hydroxyl groups is 1. The van der Waals surface area contributed by atoms with E-state index in [1.54, 1.807) is 18.5 Å². The molecule has 1 aliphatic heterocycles. The van der Waals surface area contributed by atoms with Gasteiger partial charge < -0.3 is 19.3 Å². The second kappa shape index (κ2) is 5.82. The average molecular weight is 323 g/mol. The Morgan fingerprint density at radius 2 is 1.87 bits per heavy atom. The van der Waals surface area contributed by atoms with Gasteiger partial charge >= 0.3 is 5.69 Å². The summed E-state index contributed by atoms with van der Waals surface area (Å²) in [5.74, 6) is 0.586. The Balaban J connectivity index is 2.31. The van der Waals surface area contributed by atoms with Crippen molar-refractivity contribution in [1.29, 1.82) is 0 Å². The monoisotopic (exact) mass is 323 g/mol. The molecule has 0 saturated carbocycles. The van der Waals surface area contributed by atoms with E-state index < -0.39 is 17.4 Å². The number of fused-ring (bicyclic) bond motifs is 1. The molecule has 1 atom stereocenters. The van der Waals surface area contributed by atoms with Crippen LogP contribution in [0.2, 0.25) is 0 Å². The van der Waals surface area contributed by atoms with E-state index in [9.17, 15) is 14.7 Å². The highest BCUT2D eigenvalue weighted by atomic mass is 16.5. The molecule has 0 aromatic carbocycles. The highest BCUT2D eigenvalue weighted by molar-refractivity contribution is 5.74. The molecule has 1 aliphatic rings. The van der Waals surface area contributed by atoms with Crippen molar-refractivity contribution < 1.29 is 9.84 Å². The maximum absolute atomic E-state index is 12.6. The number of imidazole rings is 1. The highest BCUT2D eigenvalue weighted by Crippen LogP contribution is 2.21. The zero-order valence-electron chi connectivity index (χ0n) is 13.5. The van der Waals surface area contributed by atoms with Gasteiger partial charge in [0.05, 0.1) is 25.9 Å². The molecule has 0 aliphatic carbocycles. The van der Waals surface area contributed by atoms with Crippen LogP contribution in [0, 0.1) is 0 Å². The summed E-state index contributed by atoms with van der Waals surface area (Å²) >= 11 is 0. The predicted octanol–water partition coefficient (Wildman–Crippen LogP) is -1.35. The van der Waals surface area contributed by atoms with Crippen LogP contribution >= 0.6 is 0 Å². The molecule has 0 amide bonds. The topological polar surface area (TPSA) is 94.5 Å². The molecule has 2 aromatic rings. The summed E-state index contributed by atoms with van der Waals surface area (Å²) in [6, 6.07) is 0. The van der Waals surface area contributed by atoms with Crippen LogP contribution in [0.25, 0.3) is 11.2 Å². The predicted molar refractivity (Wildman–Crippen MR) is 84.9 cm³/mol. The molecule has 1 fully saturated rings. The summed E-state index contributed by atoms with van der Waals surface area (Å²) in [6.07, 6.45) is -0.644. The Morgan fingerprint density at radius 1 is 1.22 bits per heavy atom. The number of nitrogens with zero attached hydrogens (tertiary/aromatic N) is 5. The maximum atomic E-state index is 12.6. The number of anilines is 1. The van der Waals surface area contributed by atoms with Crippen LogP contribution in [0.15, 0.2) is 9.59 Å². The van der Waals surface area contributed by atoms with Gasteiger partial charge in [-0.05, 0) is 6.92 Å². The van der Waals surface area contributed by atoms with Crippen LogP contribution in [0.4, 0.5) is 5.95 Å². The second-order valence-corrected chi connectivity index (χ2v) is 5.85. The fraction of sp³-hybridized carbons (Fsp3) is 0.643. The summed E-state index contributed by atoms with van der Waals surface area (Å²) < 4.78 is 9.48. The Morgan fingerprint density at radius 3 is 2.48 bits per heavy atom. The quantitative estimate of drug-likeness (QED) is 0.751. The molecular weight excluding hydrogens is 302 g/mol. The van der Waals surface area contributed by atoms with Gasteiger partial charge in [-0.1, -0.05) is 0 Å². The van der Waals surface area contributed by atoms with Crippen LogP contribution in [0.5, 0.6) is 0 Å². The number of morpholine rings is 1. The van der Waals surface area contributed by atoms with Crippen LogP contribution in [0.3, 0.4) is 0 Å². The van der Waals surface area contributed by atoms with Crippen molar-refractivity contribution in [2.75, 3.05) is 31.2 Å². The number of aryl methyl sites for hydroxylation is 1. The number of hydrogen-bond acceptors (Lipinski definition) is 6. The van der Waals surface area contributed by atoms with Crippen molar-refractivity contribution in [1.82, 2.24) is 18.7 Å². The normalized spacial score (nSPS) is 17.0. The van der Waals surface area contributed by atoms with Crippen molar-refractivity contribution in [2.24, 2.45) is 14.1 Å². The maximum Gasteiger partial charge on any atom is 0.332 e. The zero-order valence-corrected chi connectivity index (χ0v) is 13.5. The fourth-order valence-electron chi connectivity index (χ4n) is 2.88. The average Bonchev–Trinajstić information content (AvgIpc) is 2.90. The first-order chi connectivity index (χ1) is 10.9. The van der Waals surface area contributed by atoms with Gasteiger partial charge in [-0.25, -0.2) is 4.79 Å². The first-order valence-electron chi connectivity index (χ1n) is 7.58. The van der Waals surface area contributed by atoms with Crippen molar-refractivity contribution in [3.8, 4) is 0 Å². The molecule has 23 heavy (non-hydrogen) atoms. The minimum absolute atomic E-state index is 0.233. The van der Waals surface area contributed by atoms with Crippen LogP contribution in [-0.4, -0.2) is 56.2 Å². The van der Waals surface area contributed by atoms with E-state index in [4.69, 9.17) is 4.74 Å². The molecule has 0 unspecified atom stereocenters. The number of aromatic nitrogens is 4. The van der Waals surface area contributed by atoms with Crippen molar-refractivity contribution in [3.05, 3.63) is 20.8 Å². The number of ether oxygens (including phenoxy) is 1. The minimum Gasteiger partial charge on any atom is -0.392 e. The van der Waals surface area contributed by atoms with Gasteiger partial charge in [0.25, 0.3) is 5.56 Å². The smallest absolute Gasteiger partial charge is 0.332 e. The molecule has 126 valence electrons. The van der Waals surface area contributed by atoms with Crippen molar-refractivity contribution >= 4 is 17.1 Å². The molecule has 3 rings (SSSR count). The van der Waals surface area contributed by atoms with Gasteiger partial charge in [0, 0.05) is 27.2 Å². The summed E-state index contributed by atoms with van der Waals surface area (Å²) in [4.78, 5) is 31.2.